The minimum atomic E-state index is -3.70. The van der Waals surface area contributed by atoms with Crippen LogP contribution < -0.4 is 10.0 Å². The maximum atomic E-state index is 12.0. The normalized spacial score (nSPS) is 11.1. The highest BCUT2D eigenvalue weighted by atomic mass is 32.2. The molecule has 0 aliphatic heterocycles. The lowest BCUT2D eigenvalue weighted by Gasteiger charge is -2.06. The van der Waals surface area contributed by atoms with E-state index in [0.717, 1.165) is 5.56 Å². The molecule has 0 bridgehead atoms. The van der Waals surface area contributed by atoms with E-state index in [2.05, 4.69) is 25.2 Å². The predicted molar refractivity (Wildman–Crippen MR) is 71.2 cm³/mol. The average Bonchev–Trinajstić information content (AvgIpc) is 2.89. The van der Waals surface area contributed by atoms with Crippen LogP contribution in [0.1, 0.15) is 12.5 Å². The van der Waals surface area contributed by atoms with Crippen LogP contribution in [0.2, 0.25) is 0 Å². The average molecular weight is 295 g/mol. The minimum absolute atomic E-state index is 0.0484. The van der Waals surface area contributed by atoms with Gasteiger partial charge in [-0.15, -0.1) is 0 Å². The van der Waals surface area contributed by atoms with Crippen LogP contribution in [0.4, 0.5) is 5.95 Å². The number of sulfonamides is 1. The lowest BCUT2D eigenvalue weighted by atomic mass is 10.2. The smallest absolute Gasteiger partial charge is 0.264 e. The number of benzene rings is 1. The number of aromatic nitrogens is 3. The SMILES string of the molecule is CC(=O)NCc1ccc(S(=O)(=O)Nc2ncn[nH]2)cc1. The highest BCUT2D eigenvalue weighted by Crippen LogP contribution is 2.13. The number of H-pyrrole nitrogens is 1. The number of anilines is 1. The third-order valence-electron chi connectivity index (χ3n) is 2.42. The van der Waals surface area contributed by atoms with Crippen molar-refractivity contribution >= 4 is 21.9 Å². The van der Waals surface area contributed by atoms with Crippen LogP contribution in [0, 0.1) is 0 Å². The van der Waals surface area contributed by atoms with E-state index >= 15 is 0 Å². The molecule has 106 valence electrons. The monoisotopic (exact) mass is 295 g/mol. The number of carbonyl (C=O) groups is 1. The van der Waals surface area contributed by atoms with Crippen molar-refractivity contribution in [3.63, 3.8) is 0 Å². The van der Waals surface area contributed by atoms with Crippen LogP contribution in [-0.4, -0.2) is 29.5 Å². The Bertz CT molecular complexity index is 679. The molecule has 9 heteroatoms. The van der Waals surface area contributed by atoms with Crippen molar-refractivity contribution in [3.8, 4) is 0 Å². The number of nitrogens with zero attached hydrogens (tertiary/aromatic N) is 2. The molecule has 0 saturated heterocycles. The van der Waals surface area contributed by atoms with Crippen molar-refractivity contribution < 1.29 is 13.2 Å². The number of hydrogen-bond acceptors (Lipinski definition) is 5. The Morgan fingerprint density at radius 2 is 2.00 bits per heavy atom. The quantitative estimate of drug-likeness (QED) is 0.730. The second-order valence-electron chi connectivity index (χ2n) is 3.99. The number of aromatic amines is 1. The lowest BCUT2D eigenvalue weighted by molar-refractivity contribution is -0.119. The van der Waals surface area contributed by atoms with Gasteiger partial charge < -0.3 is 5.32 Å². The molecular formula is C11H13N5O3S. The Balaban J connectivity index is 2.10. The Kier molecular flexibility index (Phi) is 3.99. The molecule has 0 radical (unpaired) electrons. The van der Waals surface area contributed by atoms with E-state index < -0.39 is 10.0 Å². The molecule has 0 saturated carbocycles. The summed E-state index contributed by atoms with van der Waals surface area (Å²) in [5, 5.41) is 8.59. The number of rotatable bonds is 5. The first-order valence-electron chi connectivity index (χ1n) is 5.69. The topological polar surface area (TPSA) is 117 Å². The fourth-order valence-electron chi connectivity index (χ4n) is 1.45. The summed E-state index contributed by atoms with van der Waals surface area (Å²) in [5.41, 5.74) is 0.804. The first kappa shape index (κ1) is 14.0. The number of hydrogen-bond donors (Lipinski definition) is 3. The summed E-state index contributed by atoms with van der Waals surface area (Å²) in [7, 11) is -3.70. The van der Waals surface area contributed by atoms with Crippen molar-refractivity contribution in [3.05, 3.63) is 36.2 Å². The van der Waals surface area contributed by atoms with Crippen molar-refractivity contribution in [2.45, 2.75) is 18.4 Å². The first-order chi connectivity index (χ1) is 9.47. The molecule has 8 nitrogen and oxygen atoms in total. The predicted octanol–water partition coefficient (Wildman–Crippen LogP) is 0.242. The Morgan fingerprint density at radius 3 is 2.55 bits per heavy atom. The van der Waals surface area contributed by atoms with Gasteiger partial charge in [-0.05, 0) is 17.7 Å². The van der Waals surface area contributed by atoms with Crippen molar-refractivity contribution in [2.75, 3.05) is 4.72 Å². The van der Waals surface area contributed by atoms with Crippen LogP contribution in [0.25, 0.3) is 0 Å². The van der Waals surface area contributed by atoms with Gasteiger partial charge in [0.1, 0.15) is 6.33 Å². The van der Waals surface area contributed by atoms with Crippen LogP contribution in [-0.2, 0) is 21.4 Å². The molecule has 1 heterocycles. The summed E-state index contributed by atoms with van der Waals surface area (Å²) < 4.78 is 26.3. The molecule has 0 unspecified atom stereocenters. The standard InChI is InChI=1S/C11H13N5O3S/c1-8(17)12-6-9-2-4-10(5-3-9)20(18,19)16-11-13-7-14-15-11/h2-5,7H,6H2,1H3,(H,12,17)(H2,13,14,15,16). The third kappa shape index (κ3) is 3.54. The Hall–Kier alpha value is -2.42. The molecule has 3 N–H and O–H groups in total. The molecule has 1 amide bonds. The van der Waals surface area contributed by atoms with Gasteiger partial charge in [-0.25, -0.2) is 18.2 Å². The van der Waals surface area contributed by atoms with Gasteiger partial charge in [-0.2, -0.15) is 10.1 Å². The van der Waals surface area contributed by atoms with E-state index in [1.807, 2.05) is 0 Å². The first-order valence-corrected chi connectivity index (χ1v) is 7.17. The van der Waals surface area contributed by atoms with Gasteiger partial charge in [0.15, 0.2) is 0 Å². The maximum absolute atomic E-state index is 12.0. The zero-order chi connectivity index (χ0) is 14.6. The van der Waals surface area contributed by atoms with E-state index in [0.29, 0.717) is 6.54 Å². The molecule has 0 atom stereocenters. The largest absolute Gasteiger partial charge is 0.352 e. The molecule has 20 heavy (non-hydrogen) atoms. The zero-order valence-electron chi connectivity index (χ0n) is 10.6. The molecule has 0 aliphatic rings. The Morgan fingerprint density at radius 1 is 1.30 bits per heavy atom. The molecule has 0 aliphatic carbocycles. The van der Waals surface area contributed by atoms with Gasteiger partial charge in [-0.1, -0.05) is 12.1 Å². The summed E-state index contributed by atoms with van der Waals surface area (Å²) in [6.07, 6.45) is 1.20. The summed E-state index contributed by atoms with van der Waals surface area (Å²) in [5.74, 6) is -0.0963. The molecule has 1 aromatic carbocycles. The van der Waals surface area contributed by atoms with E-state index in [9.17, 15) is 13.2 Å². The van der Waals surface area contributed by atoms with Gasteiger partial charge in [0.2, 0.25) is 11.9 Å². The number of amides is 1. The van der Waals surface area contributed by atoms with E-state index in [1.165, 1.54) is 25.4 Å². The van der Waals surface area contributed by atoms with Gasteiger partial charge in [0.05, 0.1) is 4.90 Å². The number of carbonyl (C=O) groups excluding carboxylic acids is 1. The Labute approximate surface area is 115 Å². The van der Waals surface area contributed by atoms with E-state index in [-0.39, 0.29) is 16.8 Å². The highest BCUT2D eigenvalue weighted by Gasteiger charge is 2.15. The third-order valence-corrected chi connectivity index (χ3v) is 3.78. The summed E-state index contributed by atoms with van der Waals surface area (Å²) in [6.45, 7) is 1.77. The second-order valence-corrected chi connectivity index (χ2v) is 5.68. The lowest BCUT2D eigenvalue weighted by Crippen LogP contribution is -2.19. The van der Waals surface area contributed by atoms with E-state index in [1.54, 1.807) is 12.1 Å². The molecule has 1 aromatic heterocycles. The summed E-state index contributed by atoms with van der Waals surface area (Å²) in [4.78, 5) is 14.6. The zero-order valence-corrected chi connectivity index (χ0v) is 11.4. The fraction of sp³-hybridized carbons (Fsp3) is 0.182. The highest BCUT2D eigenvalue weighted by molar-refractivity contribution is 7.92. The minimum Gasteiger partial charge on any atom is -0.352 e. The molecule has 0 spiro atoms. The van der Waals surface area contributed by atoms with Crippen molar-refractivity contribution in [1.82, 2.24) is 20.5 Å². The van der Waals surface area contributed by atoms with Crippen molar-refractivity contribution in [1.29, 1.82) is 0 Å². The molecule has 2 rings (SSSR count). The summed E-state index contributed by atoms with van der Waals surface area (Å²) >= 11 is 0. The van der Waals surface area contributed by atoms with Crippen LogP contribution >= 0.6 is 0 Å². The molecule has 2 aromatic rings. The summed E-state index contributed by atoms with van der Waals surface area (Å²) in [6, 6.07) is 6.17. The van der Waals surface area contributed by atoms with Crippen LogP contribution in [0.3, 0.4) is 0 Å². The fourth-order valence-corrected chi connectivity index (χ4v) is 2.42. The van der Waals surface area contributed by atoms with Crippen LogP contribution in [0.15, 0.2) is 35.5 Å². The van der Waals surface area contributed by atoms with E-state index in [4.69, 9.17) is 0 Å². The van der Waals surface area contributed by atoms with Gasteiger partial charge >= 0.3 is 0 Å². The van der Waals surface area contributed by atoms with Crippen LogP contribution in [0.5, 0.6) is 0 Å². The second kappa shape index (κ2) is 5.70. The maximum Gasteiger partial charge on any atom is 0.264 e. The van der Waals surface area contributed by atoms with Gasteiger partial charge in [0, 0.05) is 13.5 Å². The van der Waals surface area contributed by atoms with Gasteiger partial charge in [0.25, 0.3) is 10.0 Å². The number of nitrogens with one attached hydrogen (secondary N) is 3. The van der Waals surface area contributed by atoms with Crippen molar-refractivity contribution in [2.24, 2.45) is 0 Å². The molecular weight excluding hydrogens is 282 g/mol. The van der Waals surface area contributed by atoms with Gasteiger partial charge in [-0.3, -0.25) is 4.79 Å². The molecule has 0 fully saturated rings.